The first-order valence-corrected chi connectivity index (χ1v) is 8.77. The molecular weight excluding hydrogens is 316 g/mol. The number of β-amino-alcohol motifs (C(OH)–C–C–N with tert-alkyl or cyclic N) is 1. The maximum Gasteiger partial charge on any atom is 0.230 e. The average Bonchev–Trinajstić information content (AvgIpc) is 3.22. The highest BCUT2D eigenvalue weighted by atomic mass is 16.4. The number of aliphatic hydroxyl groups is 1. The number of fused-ring (bicyclic) bond motifs is 1. The molecule has 1 aliphatic heterocycles. The molecule has 4 rings (SSSR count). The van der Waals surface area contributed by atoms with Gasteiger partial charge in [0.25, 0.3) is 0 Å². The normalized spacial score (nSPS) is 21.2. The number of aromatic nitrogens is 3. The molecule has 3 aromatic rings. The van der Waals surface area contributed by atoms with Gasteiger partial charge in [0.05, 0.1) is 18.2 Å². The molecule has 0 saturated carbocycles. The van der Waals surface area contributed by atoms with Gasteiger partial charge in [-0.2, -0.15) is 0 Å². The van der Waals surface area contributed by atoms with E-state index in [9.17, 15) is 5.11 Å². The summed E-state index contributed by atoms with van der Waals surface area (Å²) < 4.78 is 5.59. The van der Waals surface area contributed by atoms with Crippen molar-refractivity contribution in [2.45, 2.75) is 32.4 Å². The van der Waals surface area contributed by atoms with E-state index in [0.29, 0.717) is 24.9 Å². The minimum Gasteiger partial charge on any atom is -0.424 e. The molecule has 1 aliphatic rings. The molecule has 1 saturated heterocycles. The third-order valence-electron chi connectivity index (χ3n) is 4.87. The van der Waals surface area contributed by atoms with E-state index >= 15 is 0 Å². The molecule has 0 bridgehead atoms. The van der Waals surface area contributed by atoms with Crippen LogP contribution < -0.4 is 0 Å². The second-order valence-electron chi connectivity index (χ2n) is 6.66. The van der Waals surface area contributed by atoms with Crippen molar-refractivity contribution in [3.8, 4) is 0 Å². The number of hydrogen-bond donors (Lipinski definition) is 1. The van der Waals surface area contributed by atoms with Crippen LogP contribution in [-0.4, -0.2) is 44.4 Å². The smallest absolute Gasteiger partial charge is 0.230 e. The number of likely N-dealkylation sites (tertiary alicyclic amines) is 1. The number of aryl methyl sites for hydroxylation is 1. The van der Waals surface area contributed by atoms with Crippen LogP contribution in [0.25, 0.3) is 10.9 Å². The Kier molecular flexibility index (Phi) is 4.46. The van der Waals surface area contributed by atoms with Gasteiger partial charge in [0, 0.05) is 37.0 Å². The fraction of sp³-hybridized carbons (Fsp3) is 0.421. The number of nitrogens with zero attached hydrogens (tertiary/aromatic N) is 4. The highest BCUT2D eigenvalue weighted by Gasteiger charge is 2.32. The lowest BCUT2D eigenvalue weighted by Crippen LogP contribution is -2.21. The van der Waals surface area contributed by atoms with Gasteiger partial charge in [-0.25, -0.2) is 0 Å². The summed E-state index contributed by atoms with van der Waals surface area (Å²) in [6.45, 7) is 4.04. The highest BCUT2D eigenvalue weighted by molar-refractivity contribution is 5.81. The zero-order valence-corrected chi connectivity index (χ0v) is 14.3. The summed E-state index contributed by atoms with van der Waals surface area (Å²) in [5.74, 6) is 1.48. The lowest BCUT2D eigenvalue weighted by atomic mass is 9.94. The van der Waals surface area contributed by atoms with Crippen molar-refractivity contribution in [1.82, 2.24) is 20.1 Å². The largest absolute Gasteiger partial charge is 0.424 e. The molecule has 0 radical (unpaired) electrons. The van der Waals surface area contributed by atoms with Crippen LogP contribution in [0.2, 0.25) is 0 Å². The van der Waals surface area contributed by atoms with Crippen molar-refractivity contribution in [1.29, 1.82) is 0 Å². The fourth-order valence-corrected chi connectivity index (χ4v) is 3.57. The summed E-state index contributed by atoms with van der Waals surface area (Å²) in [7, 11) is 0. The molecule has 0 aliphatic carbocycles. The third-order valence-corrected chi connectivity index (χ3v) is 4.87. The van der Waals surface area contributed by atoms with E-state index in [0.717, 1.165) is 24.9 Å². The summed E-state index contributed by atoms with van der Waals surface area (Å²) in [6, 6.07) is 10.2. The molecule has 6 heteroatoms. The monoisotopic (exact) mass is 338 g/mol. The Bertz CT molecular complexity index is 858. The molecule has 1 aromatic carbocycles. The van der Waals surface area contributed by atoms with Gasteiger partial charge in [0.15, 0.2) is 0 Å². The SMILES string of the molecule is CCc1nnc(CN2C[C@@H](Cc3ccnc4ccccc34)[C@H](O)C2)o1. The Morgan fingerprint density at radius 3 is 2.84 bits per heavy atom. The van der Waals surface area contributed by atoms with Crippen LogP contribution in [0.5, 0.6) is 0 Å². The Balaban J connectivity index is 1.46. The first kappa shape index (κ1) is 16.2. The summed E-state index contributed by atoms with van der Waals surface area (Å²) in [5, 5.41) is 19.7. The molecule has 1 N–H and O–H groups in total. The molecule has 0 amide bonds. The zero-order valence-electron chi connectivity index (χ0n) is 14.3. The zero-order chi connectivity index (χ0) is 17.2. The van der Waals surface area contributed by atoms with Gasteiger partial charge < -0.3 is 9.52 Å². The van der Waals surface area contributed by atoms with Crippen molar-refractivity contribution in [3.63, 3.8) is 0 Å². The summed E-state index contributed by atoms with van der Waals surface area (Å²) in [4.78, 5) is 6.60. The molecule has 130 valence electrons. The molecule has 2 atom stereocenters. The first-order valence-electron chi connectivity index (χ1n) is 8.77. The van der Waals surface area contributed by atoms with Crippen molar-refractivity contribution in [2.24, 2.45) is 5.92 Å². The van der Waals surface area contributed by atoms with Crippen LogP contribution in [0.4, 0.5) is 0 Å². The number of para-hydroxylation sites is 1. The van der Waals surface area contributed by atoms with E-state index in [-0.39, 0.29) is 12.0 Å². The second kappa shape index (κ2) is 6.90. The average molecular weight is 338 g/mol. The highest BCUT2D eigenvalue weighted by Crippen LogP contribution is 2.26. The topological polar surface area (TPSA) is 75.3 Å². The van der Waals surface area contributed by atoms with Gasteiger partial charge >= 0.3 is 0 Å². The van der Waals surface area contributed by atoms with E-state index in [4.69, 9.17) is 4.42 Å². The maximum atomic E-state index is 10.5. The number of benzene rings is 1. The first-order chi connectivity index (χ1) is 12.2. The van der Waals surface area contributed by atoms with E-state index in [1.165, 1.54) is 10.9 Å². The Hall–Kier alpha value is -2.31. The quantitative estimate of drug-likeness (QED) is 0.769. The second-order valence-corrected chi connectivity index (χ2v) is 6.66. The van der Waals surface area contributed by atoms with E-state index < -0.39 is 0 Å². The Morgan fingerprint density at radius 2 is 2.00 bits per heavy atom. The molecule has 3 heterocycles. The molecule has 1 fully saturated rings. The Morgan fingerprint density at radius 1 is 1.16 bits per heavy atom. The molecule has 6 nitrogen and oxygen atoms in total. The van der Waals surface area contributed by atoms with Gasteiger partial charge in [0.2, 0.25) is 11.8 Å². The van der Waals surface area contributed by atoms with Crippen LogP contribution >= 0.6 is 0 Å². The Labute approximate surface area is 146 Å². The van der Waals surface area contributed by atoms with Crippen LogP contribution in [-0.2, 0) is 19.4 Å². The van der Waals surface area contributed by atoms with E-state index in [1.54, 1.807) is 0 Å². The van der Waals surface area contributed by atoms with Crippen LogP contribution in [0.1, 0.15) is 24.3 Å². The van der Waals surface area contributed by atoms with Gasteiger partial charge in [0.1, 0.15) is 0 Å². The lowest BCUT2D eigenvalue weighted by molar-refractivity contribution is 0.140. The van der Waals surface area contributed by atoms with Crippen LogP contribution in [0, 0.1) is 5.92 Å². The van der Waals surface area contributed by atoms with Crippen molar-refractivity contribution >= 4 is 10.9 Å². The van der Waals surface area contributed by atoms with Crippen molar-refractivity contribution in [2.75, 3.05) is 13.1 Å². The summed E-state index contributed by atoms with van der Waals surface area (Å²) in [6.07, 6.45) is 3.08. The number of hydrogen-bond acceptors (Lipinski definition) is 6. The molecule has 0 spiro atoms. The van der Waals surface area contributed by atoms with Gasteiger partial charge in [-0.3, -0.25) is 9.88 Å². The number of rotatable bonds is 5. The van der Waals surface area contributed by atoms with Gasteiger partial charge in [-0.05, 0) is 24.1 Å². The molecule has 2 aromatic heterocycles. The van der Waals surface area contributed by atoms with E-state index in [1.807, 2.05) is 31.3 Å². The third kappa shape index (κ3) is 3.41. The van der Waals surface area contributed by atoms with E-state index in [2.05, 4.69) is 32.2 Å². The number of pyridine rings is 1. The maximum absolute atomic E-state index is 10.5. The minimum absolute atomic E-state index is 0.194. The van der Waals surface area contributed by atoms with Crippen molar-refractivity contribution < 1.29 is 9.52 Å². The molecule has 0 unspecified atom stereocenters. The van der Waals surface area contributed by atoms with Crippen LogP contribution in [0.15, 0.2) is 40.9 Å². The standard InChI is InChI=1S/C19H22N4O2/c1-2-18-21-22-19(25-18)12-23-10-14(17(24)11-23)9-13-7-8-20-16-6-4-3-5-15(13)16/h3-8,14,17,24H,2,9-12H2,1H3/t14-,17-/m1/s1. The van der Waals surface area contributed by atoms with Crippen molar-refractivity contribution in [3.05, 3.63) is 53.9 Å². The summed E-state index contributed by atoms with van der Waals surface area (Å²) in [5.41, 5.74) is 2.24. The predicted molar refractivity (Wildman–Crippen MR) is 93.9 cm³/mol. The number of aliphatic hydroxyl groups excluding tert-OH is 1. The van der Waals surface area contributed by atoms with Gasteiger partial charge in [-0.15, -0.1) is 10.2 Å². The fourth-order valence-electron chi connectivity index (χ4n) is 3.57. The lowest BCUT2D eigenvalue weighted by Gasteiger charge is -2.15. The molecular formula is C19H22N4O2. The summed E-state index contributed by atoms with van der Waals surface area (Å²) >= 11 is 0. The minimum atomic E-state index is -0.347. The van der Waals surface area contributed by atoms with Gasteiger partial charge in [-0.1, -0.05) is 25.1 Å². The van der Waals surface area contributed by atoms with Crippen LogP contribution in [0.3, 0.4) is 0 Å². The molecule has 25 heavy (non-hydrogen) atoms. The predicted octanol–water partition coefficient (Wildman–Crippen LogP) is 2.22.